The van der Waals surface area contributed by atoms with E-state index in [9.17, 15) is 0 Å². The summed E-state index contributed by atoms with van der Waals surface area (Å²) in [6.45, 7) is 3.28. The van der Waals surface area contributed by atoms with Crippen molar-refractivity contribution in [2.75, 3.05) is 6.61 Å². The van der Waals surface area contributed by atoms with Crippen molar-refractivity contribution in [2.45, 2.75) is 51.6 Å². The predicted octanol–water partition coefficient (Wildman–Crippen LogP) is 3.65. The van der Waals surface area contributed by atoms with Crippen molar-refractivity contribution < 1.29 is 4.74 Å². The van der Waals surface area contributed by atoms with E-state index < -0.39 is 0 Å². The summed E-state index contributed by atoms with van der Waals surface area (Å²) in [7, 11) is 0. The van der Waals surface area contributed by atoms with Crippen LogP contribution in [0.4, 0.5) is 0 Å². The maximum Gasteiger partial charge on any atom is 0.174 e. The molecule has 2 atom stereocenters. The van der Waals surface area contributed by atoms with Crippen molar-refractivity contribution in [1.82, 2.24) is 5.32 Å². The molecule has 0 spiro atoms. The average molecular weight is 272 g/mol. The van der Waals surface area contributed by atoms with Gasteiger partial charge in [0, 0.05) is 12.6 Å². The van der Waals surface area contributed by atoms with Gasteiger partial charge in [-0.3, -0.25) is 0 Å². The van der Waals surface area contributed by atoms with E-state index in [1.165, 1.54) is 37.7 Å². The van der Waals surface area contributed by atoms with E-state index in [1.807, 2.05) is 24.3 Å². The van der Waals surface area contributed by atoms with Crippen LogP contribution in [0.3, 0.4) is 0 Å². The Balaban J connectivity index is 1.82. The van der Waals surface area contributed by atoms with E-state index >= 15 is 0 Å². The van der Waals surface area contributed by atoms with Crippen molar-refractivity contribution in [3.05, 3.63) is 29.8 Å². The molecule has 1 aromatic rings. The topological polar surface area (TPSA) is 45.0 Å². The molecular weight excluding hydrogens is 248 g/mol. The van der Waals surface area contributed by atoms with Crippen LogP contribution in [0, 0.1) is 17.2 Å². The van der Waals surface area contributed by atoms with Crippen LogP contribution in [0.1, 0.15) is 44.6 Å². The molecule has 1 aliphatic carbocycles. The largest absolute Gasteiger partial charge is 0.479 e. The smallest absolute Gasteiger partial charge is 0.174 e. The van der Waals surface area contributed by atoms with Crippen LogP contribution in [-0.4, -0.2) is 12.6 Å². The third-order valence-corrected chi connectivity index (χ3v) is 4.16. The van der Waals surface area contributed by atoms with Crippen molar-refractivity contribution in [2.24, 2.45) is 5.92 Å². The Labute approximate surface area is 121 Å². The van der Waals surface area contributed by atoms with Crippen LogP contribution in [0.25, 0.3) is 0 Å². The van der Waals surface area contributed by atoms with Crippen molar-refractivity contribution in [3.63, 3.8) is 0 Å². The highest BCUT2D eigenvalue weighted by molar-refractivity contribution is 5.28. The molecular formula is C17H24N2O. The van der Waals surface area contributed by atoms with Gasteiger partial charge in [0.25, 0.3) is 0 Å². The fourth-order valence-electron chi connectivity index (χ4n) is 2.97. The van der Waals surface area contributed by atoms with Gasteiger partial charge in [0.05, 0.1) is 0 Å². The van der Waals surface area contributed by atoms with Gasteiger partial charge in [-0.15, -0.1) is 0 Å². The maximum atomic E-state index is 8.53. The Bertz CT molecular complexity index is 453. The van der Waals surface area contributed by atoms with E-state index in [0.29, 0.717) is 6.04 Å². The number of nitrogens with one attached hydrogen (secondary N) is 1. The molecule has 2 unspecified atom stereocenters. The minimum Gasteiger partial charge on any atom is -0.479 e. The Hall–Kier alpha value is -1.53. The molecule has 1 aliphatic rings. The molecule has 1 saturated carbocycles. The number of rotatable bonds is 6. The molecule has 0 bridgehead atoms. The molecule has 1 N–H and O–H groups in total. The Morgan fingerprint density at radius 1 is 1.40 bits per heavy atom. The van der Waals surface area contributed by atoms with Gasteiger partial charge >= 0.3 is 0 Å². The minimum absolute atomic E-state index is 0.109. The Kier molecular flexibility index (Phi) is 5.88. The summed E-state index contributed by atoms with van der Waals surface area (Å²) in [6.07, 6.45) is 6.64. The van der Waals surface area contributed by atoms with Crippen LogP contribution in [-0.2, 0) is 6.54 Å². The first-order valence-electron chi connectivity index (χ1n) is 7.64. The summed E-state index contributed by atoms with van der Waals surface area (Å²) in [5.41, 5.74) is 1.22. The first kappa shape index (κ1) is 14.9. The van der Waals surface area contributed by atoms with Crippen molar-refractivity contribution in [3.8, 4) is 11.8 Å². The van der Waals surface area contributed by atoms with Gasteiger partial charge in [-0.2, -0.15) is 5.26 Å². The molecule has 3 heteroatoms. The van der Waals surface area contributed by atoms with Crippen LogP contribution in [0.2, 0.25) is 0 Å². The highest BCUT2D eigenvalue weighted by Gasteiger charge is 2.19. The van der Waals surface area contributed by atoms with E-state index in [2.05, 4.69) is 18.3 Å². The monoisotopic (exact) mass is 272 g/mol. The van der Waals surface area contributed by atoms with Gasteiger partial charge in [0.15, 0.2) is 6.61 Å². The second-order valence-electron chi connectivity index (χ2n) is 5.61. The second kappa shape index (κ2) is 7.91. The molecule has 0 saturated heterocycles. The summed E-state index contributed by atoms with van der Waals surface area (Å²) in [5, 5.41) is 12.2. The highest BCUT2D eigenvalue weighted by atomic mass is 16.5. The summed E-state index contributed by atoms with van der Waals surface area (Å²) in [5.74, 6) is 1.67. The standard InChI is InChI=1S/C17H24N2O/c1-2-14-5-3-7-16(11-14)19-13-15-6-4-8-17(12-15)20-10-9-18/h4,6,8,12,14,16,19H,2-3,5,7,10-11,13H2,1H3. The van der Waals surface area contributed by atoms with Gasteiger partial charge in [-0.1, -0.05) is 38.3 Å². The molecule has 3 nitrogen and oxygen atoms in total. The molecule has 1 fully saturated rings. The normalized spacial score (nSPS) is 22.2. The summed E-state index contributed by atoms with van der Waals surface area (Å²) in [6, 6.07) is 10.6. The number of nitriles is 1. The zero-order chi connectivity index (χ0) is 14.2. The summed E-state index contributed by atoms with van der Waals surface area (Å²) in [4.78, 5) is 0. The van der Waals surface area contributed by atoms with Crippen LogP contribution >= 0.6 is 0 Å². The zero-order valence-electron chi connectivity index (χ0n) is 12.3. The van der Waals surface area contributed by atoms with E-state index in [-0.39, 0.29) is 6.61 Å². The number of hydrogen-bond acceptors (Lipinski definition) is 3. The highest BCUT2D eigenvalue weighted by Crippen LogP contribution is 2.26. The first-order valence-corrected chi connectivity index (χ1v) is 7.64. The second-order valence-corrected chi connectivity index (χ2v) is 5.61. The summed E-state index contributed by atoms with van der Waals surface area (Å²) >= 11 is 0. The lowest BCUT2D eigenvalue weighted by Crippen LogP contribution is -2.33. The Morgan fingerprint density at radius 3 is 3.10 bits per heavy atom. The average Bonchev–Trinajstić information content (AvgIpc) is 2.51. The van der Waals surface area contributed by atoms with E-state index in [0.717, 1.165) is 18.2 Å². The van der Waals surface area contributed by atoms with Crippen LogP contribution < -0.4 is 10.1 Å². The third-order valence-electron chi connectivity index (χ3n) is 4.16. The molecule has 0 aliphatic heterocycles. The molecule has 0 heterocycles. The lowest BCUT2D eigenvalue weighted by Gasteiger charge is -2.29. The fourth-order valence-corrected chi connectivity index (χ4v) is 2.97. The molecule has 0 radical (unpaired) electrons. The predicted molar refractivity (Wildman–Crippen MR) is 80.4 cm³/mol. The lowest BCUT2D eigenvalue weighted by atomic mass is 9.84. The molecule has 0 amide bonds. The Morgan fingerprint density at radius 2 is 2.30 bits per heavy atom. The van der Waals surface area contributed by atoms with Gasteiger partial charge in [-0.25, -0.2) is 0 Å². The first-order chi connectivity index (χ1) is 9.81. The SMILES string of the molecule is CCC1CCCC(NCc2cccc(OCC#N)c2)C1. The molecule has 108 valence electrons. The van der Waals surface area contributed by atoms with Gasteiger partial charge < -0.3 is 10.1 Å². The molecule has 2 rings (SSSR count). The minimum atomic E-state index is 0.109. The van der Waals surface area contributed by atoms with Crippen LogP contribution in [0.5, 0.6) is 5.75 Å². The van der Waals surface area contributed by atoms with E-state index in [1.54, 1.807) is 0 Å². The van der Waals surface area contributed by atoms with Crippen LogP contribution in [0.15, 0.2) is 24.3 Å². The van der Waals surface area contributed by atoms with Crippen molar-refractivity contribution in [1.29, 1.82) is 5.26 Å². The number of nitrogens with zero attached hydrogens (tertiary/aromatic N) is 1. The molecule has 1 aromatic carbocycles. The van der Waals surface area contributed by atoms with Gasteiger partial charge in [0.1, 0.15) is 11.8 Å². The van der Waals surface area contributed by atoms with Gasteiger partial charge in [-0.05, 0) is 36.5 Å². The zero-order valence-corrected chi connectivity index (χ0v) is 12.3. The van der Waals surface area contributed by atoms with Gasteiger partial charge in [0.2, 0.25) is 0 Å². The number of ether oxygens (including phenoxy) is 1. The third kappa shape index (κ3) is 4.54. The summed E-state index contributed by atoms with van der Waals surface area (Å²) < 4.78 is 5.33. The van der Waals surface area contributed by atoms with Crippen molar-refractivity contribution >= 4 is 0 Å². The number of benzene rings is 1. The quantitative estimate of drug-likeness (QED) is 0.859. The molecule has 0 aromatic heterocycles. The van der Waals surface area contributed by atoms with E-state index in [4.69, 9.17) is 10.00 Å². The maximum absolute atomic E-state index is 8.53. The number of hydrogen-bond donors (Lipinski definition) is 1. The fraction of sp³-hybridized carbons (Fsp3) is 0.588. The molecule has 20 heavy (non-hydrogen) atoms. The lowest BCUT2D eigenvalue weighted by molar-refractivity contribution is 0.278.